The molecular weight excluding hydrogens is 224 g/mol. The van der Waals surface area contributed by atoms with E-state index in [1.165, 1.54) is 11.3 Å². The van der Waals surface area contributed by atoms with Gasteiger partial charge in [-0.3, -0.25) is 9.67 Å². The van der Waals surface area contributed by atoms with Crippen molar-refractivity contribution >= 4 is 0 Å². The number of nitrogens with one attached hydrogen (secondary N) is 1. The van der Waals surface area contributed by atoms with Crippen LogP contribution >= 0.6 is 0 Å². The summed E-state index contributed by atoms with van der Waals surface area (Å²) in [5.41, 5.74) is 3.63. The average Bonchev–Trinajstić information content (AvgIpc) is 2.76. The molecule has 1 unspecified atom stereocenters. The van der Waals surface area contributed by atoms with Gasteiger partial charge in [-0.2, -0.15) is 5.10 Å². The minimum absolute atomic E-state index is 0.363. The molecule has 0 aliphatic heterocycles. The van der Waals surface area contributed by atoms with Crippen LogP contribution in [-0.2, 0) is 13.5 Å². The molecule has 1 N–H and O–H groups in total. The lowest BCUT2D eigenvalue weighted by molar-refractivity contribution is 0.535. The maximum atomic E-state index is 4.24. The Labute approximate surface area is 108 Å². The van der Waals surface area contributed by atoms with Gasteiger partial charge in [-0.25, -0.2) is 0 Å². The van der Waals surface area contributed by atoms with Crippen molar-refractivity contribution in [3.63, 3.8) is 0 Å². The first-order chi connectivity index (χ1) is 8.70. The second kappa shape index (κ2) is 5.78. The second-order valence-corrected chi connectivity index (χ2v) is 4.56. The topological polar surface area (TPSA) is 42.7 Å². The number of hydrogen-bond donors (Lipinski definition) is 1. The van der Waals surface area contributed by atoms with E-state index in [2.05, 4.69) is 33.6 Å². The summed E-state index contributed by atoms with van der Waals surface area (Å²) in [4.78, 5) is 4.24. The van der Waals surface area contributed by atoms with E-state index in [4.69, 9.17) is 0 Å². The molecule has 0 bridgehead atoms. The monoisotopic (exact) mass is 244 g/mol. The van der Waals surface area contributed by atoms with Crippen LogP contribution in [-0.4, -0.2) is 21.8 Å². The molecule has 2 heterocycles. The molecule has 0 spiro atoms. The van der Waals surface area contributed by atoms with E-state index in [1.54, 1.807) is 0 Å². The summed E-state index contributed by atoms with van der Waals surface area (Å²) in [5.74, 6) is 0. The summed E-state index contributed by atoms with van der Waals surface area (Å²) in [6.07, 6.45) is 5.79. The number of aromatic nitrogens is 3. The first-order valence-electron chi connectivity index (χ1n) is 6.27. The van der Waals surface area contributed by atoms with Crippen LogP contribution in [0.1, 0.15) is 29.4 Å². The Morgan fingerprint density at radius 1 is 1.33 bits per heavy atom. The van der Waals surface area contributed by atoms with Crippen LogP contribution in [0.5, 0.6) is 0 Å². The molecule has 0 aliphatic rings. The predicted octanol–water partition coefficient (Wildman–Crippen LogP) is 2.02. The van der Waals surface area contributed by atoms with Gasteiger partial charge >= 0.3 is 0 Å². The smallest absolute Gasteiger partial charge is 0.0492 e. The van der Waals surface area contributed by atoms with Gasteiger partial charge in [0.1, 0.15) is 0 Å². The van der Waals surface area contributed by atoms with Gasteiger partial charge in [0.05, 0.1) is 0 Å². The highest BCUT2D eigenvalue weighted by molar-refractivity contribution is 5.19. The van der Waals surface area contributed by atoms with Gasteiger partial charge in [0.2, 0.25) is 0 Å². The molecule has 2 aromatic rings. The van der Waals surface area contributed by atoms with Crippen LogP contribution in [0, 0.1) is 6.92 Å². The van der Waals surface area contributed by atoms with Crippen molar-refractivity contribution in [2.45, 2.75) is 25.8 Å². The molecule has 2 aromatic heterocycles. The fourth-order valence-electron chi connectivity index (χ4n) is 2.20. The Morgan fingerprint density at radius 3 is 2.78 bits per heavy atom. The lowest BCUT2D eigenvalue weighted by Gasteiger charge is -2.16. The molecule has 2 rings (SSSR count). The fraction of sp³-hybridized carbons (Fsp3) is 0.429. The standard InChI is InChI=1S/C14H20N4/c1-11-10-12(6-8-16-11)14(15-2)5-4-13-7-9-17-18(13)3/h6-10,14-15H,4-5H2,1-3H3. The van der Waals surface area contributed by atoms with E-state index in [1.807, 2.05) is 38.1 Å². The van der Waals surface area contributed by atoms with E-state index in [-0.39, 0.29) is 0 Å². The van der Waals surface area contributed by atoms with E-state index < -0.39 is 0 Å². The highest BCUT2D eigenvalue weighted by atomic mass is 15.2. The molecule has 0 aliphatic carbocycles. The number of aryl methyl sites for hydroxylation is 3. The number of pyridine rings is 1. The van der Waals surface area contributed by atoms with Crippen LogP contribution < -0.4 is 5.32 Å². The van der Waals surface area contributed by atoms with Crippen LogP contribution in [0.15, 0.2) is 30.6 Å². The third-order valence-corrected chi connectivity index (χ3v) is 3.28. The van der Waals surface area contributed by atoms with Crippen molar-refractivity contribution in [2.24, 2.45) is 7.05 Å². The van der Waals surface area contributed by atoms with Gasteiger partial charge in [0.15, 0.2) is 0 Å². The maximum absolute atomic E-state index is 4.24. The molecule has 0 saturated heterocycles. The zero-order valence-electron chi connectivity index (χ0n) is 11.2. The highest BCUT2D eigenvalue weighted by Crippen LogP contribution is 2.18. The quantitative estimate of drug-likeness (QED) is 0.875. The highest BCUT2D eigenvalue weighted by Gasteiger charge is 2.10. The third kappa shape index (κ3) is 2.96. The van der Waals surface area contributed by atoms with Gasteiger partial charge in [-0.15, -0.1) is 0 Å². The third-order valence-electron chi connectivity index (χ3n) is 3.28. The number of rotatable bonds is 5. The Kier molecular flexibility index (Phi) is 4.10. The summed E-state index contributed by atoms with van der Waals surface area (Å²) < 4.78 is 1.94. The molecule has 4 nitrogen and oxygen atoms in total. The molecule has 96 valence electrons. The van der Waals surface area contributed by atoms with Crippen molar-refractivity contribution in [3.05, 3.63) is 47.5 Å². The number of nitrogens with zero attached hydrogens (tertiary/aromatic N) is 3. The Hall–Kier alpha value is -1.68. The Morgan fingerprint density at radius 2 is 2.17 bits per heavy atom. The first kappa shape index (κ1) is 12.8. The normalized spacial score (nSPS) is 12.6. The van der Waals surface area contributed by atoms with Crippen LogP contribution in [0.25, 0.3) is 0 Å². The Bertz CT molecular complexity index is 504. The lowest BCUT2D eigenvalue weighted by atomic mass is 10.0. The molecule has 0 fully saturated rings. The van der Waals surface area contributed by atoms with Crippen LogP contribution in [0.4, 0.5) is 0 Å². The average molecular weight is 244 g/mol. The van der Waals surface area contributed by atoms with E-state index in [9.17, 15) is 0 Å². The molecule has 0 radical (unpaired) electrons. The molecule has 0 amide bonds. The molecule has 1 atom stereocenters. The molecule has 18 heavy (non-hydrogen) atoms. The van der Waals surface area contributed by atoms with Crippen LogP contribution in [0.3, 0.4) is 0 Å². The zero-order chi connectivity index (χ0) is 13.0. The SMILES string of the molecule is CNC(CCc1ccnn1C)c1ccnc(C)c1. The first-order valence-corrected chi connectivity index (χ1v) is 6.27. The van der Waals surface area contributed by atoms with Gasteiger partial charge in [-0.1, -0.05) is 0 Å². The summed E-state index contributed by atoms with van der Waals surface area (Å²) in [7, 11) is 3.99. The minimum Gasteiger partial charge on any atom is -0.313 e. The van der Waals surface area contributed by atoms with Gasteiger partial charge < -0.3 is 5.32 Å². The van der Waals surface area contributed by atoms with Gasteiger partial charge in [-0.05, 0) is 50.6 Å². The minimum atomic E-state index is 0.363. The summed E-state index contributed by atoms with van der Waals surface area (Å²) in [5, 5.41) is 7.56. The predicted molar refractivity (Wildman–Crippen MR) is 72.3 cm³/mol. The van der Waals surface area contributed by atoms with Crippen molar-refractivity contribution in [2.75, 3.05) is 7.05 Å². The fourth-order valence-corrected chi connectivity index (χ4v) is 2.20. The van der Waals surface area contributed by atoms with Gasteiger partial charge in [0, 0.05) is 36.9 Å². The van der Waals surface area contributed by atoms with Crippen LogP contribution in [0.2, 0.25) is 0 Å². The molecule has 4 heteroatoms. The second-order valence-electron chi connectivity index (χ2n) is 4.56. The van der Waals surface area contributed by atoms with Crippen molar-refractivity contribution in [1.82, 2.24) is 20.1 Å². The van der Waals surface area contributed by atoms with Crippen molar-refractivity contribution in [1.29, 1.82) is 0 Å². The Balaban J connectivity index is 2.04. The summed E-state index contributed by atoms with van der Waals surface area (Å²) in [6.45, 7) is 2.03. The van der Waals surface area contributed by atoms with Crippen molar-refractivity contribution < 1.29 is 0 Å². The van der Waals surface area contributed by atoms with Gasteiger partial charge in [0.25, 0.3) is 0 Å². The molecule has 0 saturated carbocycles. The number of hydrogen-bond acceptors (Lipinski definition) is 3. The zero-order valence-corrected chi connectivity index (χ0v) is 11.2. The molecular formula is C14H20N4. The van der Waals surface area contributed by atoms with E-state index in [0.717, 1.165) is 18.5 Å². The largest absolute Gasteiger partial charge is 0.313 e. The van der Waals surface area contributed by atoms with Crippen molar-refractivity contribution in [3.8, 4) is 0 Å². The molecule has 0 aromatic carbocycles. The lowest BCUT2D eigenvalue weighted by Crippen LogP contribution is -2.18. The maximum Gasteiger partial charge on any atom is 0.0492 e. The van der Waals surface area contributed by atoms with E-state index >= 15 is 0 Å². The van der Waals surface area contributed by atoms with E-state index in [0.29, 0.717) is 6.04 Å². The summed E-state index contributed by atoms with van der Waals surface area (Å²) >= 11 is 0. The summed E-state index contributed by atoms with van der Waals surface area (Å²) in [6, 6.07) is 6.66.